The molecule has 1 heterocycles. The van der Waals surface area contributed by atoms with E-state index in [0.717, 1.165) is 0 Å². The lowest BCUT2D eigenvalue weighted by Gasteiger charge is -2.12. The number of carbonyl (C=O) groups excluding carboxylic acids is 2. The molecule has 0 unspecified atom stereocenters. The standard InChI is InChI=1S/C21H20FNO4/c1-4-27-21(26)12(2)19-13(3)23(18-9-8-16(24)11-17(18)19)20(25)14-6-5-7-15(22)10-14/h5-12,24H,4H2,1-3H3/t12-/m1/s1. The van der Waals surface area contributed by atoms with Crippen molar-refractivity contribution in [3.8, 4) is 5.75 Å². The molecule has 0 bridgehead atoms. The number of hydrogen-bond acceptors (Lipinski definition) is 4. The van der Waals surface area contributed by atoms with Crippen molar-refractivity contribution < 1.29 is 23.8 Å². The Morgan fingerprint density at radius 1 is 1.22 bits per heavy atom. The van der Waals surface area contributed by atoms with Gasteiger partial charge in [0, 0.05) is 16.6 Å². The molecular weight excluding hydrogens is 349 g/mol. The van der Waals surface area contributed by atoms with Crippen molar-refractivity contribution in [2.24, 2.45) is 0 Å². The summed E-state index contributed by atoms with van der Waals surface area (Å²) < 4.78 is 20.1. The van der Waals surface area contributed by atoms with Gasteiger partial charge >= 0.3 is 5.97 Å². The first-order valence-electron chi connectivity index (χ1n) is 8.66. The average Bonchev–Trinajstić information content (AvgIpc) is 2.91. The third-order valence-electron chi connectivity index (χ3n) is 4.58. The molecule has 5 nitrogen and oxygen atoms in total. The maximum atomic E-state index is 13.6. The number of fused-ring (bicyclic) bond motifs is 1. The largest absolute Gasteiger partial charge is 0.508 e. The van der Waals surface area contributed by atoms with E-state index in [2.05, 4.69) is 0 Å². The van der Waals surface area contributed by atoms with Gasteiger partial charge in [-0.3, -0.25) is 14.2 Å². The molecule has 0 saturated heterocycles. The Balaban J connectivity index is 2.24. The molecule has 27 heavy (non-hydrogen) atoms. The molecule has 0 aliphatic carbocycles. The fourth-order valence-corrected chi connectivity index (χ4v) is 3.37. The van der Waals surface area contributed by atoms with E-state index in [9.17, 15) is 19.1 Å². The third-order valence-corrected chi connectivity index (χ3v) is 4.58. The summed E-state index contributed by atoms with van der Waals surface area (Å²) >= 11 is 0. The van der Waals surface area contributed by atoms with Gasteiger partial charge in [0.05, 0.1) is 18.0 Å². The molecule has 140 valence electrons. The molecule has 0 saturated carbocycles. The van der Waals surface area contributed by atoms with E-state index in [-0.39, 0.29) is 17.9 Å². The van der Waals surface area contributed by atoms with Gasteiger partial charge in [-0.2, -0.15) is 0 Å². The Hall–Kier alpha value is -3.15. The summed E-state index contributed by atoms with van der Waals surface area (Å²) in [6.45, 7) is 5.38. The van der Waals surface area contributed by atoms with E-state index in [0.29, 0.717) is 22.2 Å². The Kier molecular flexibility index (Phi) is 4.99. The van der Waals surface area contributed by atoms with Crippen LogP contribution in [0.4, 0.5) is 4.39 Å². The highest BCUT2D eigenvalue weighted by Crippen LogP contribution is 2.35. The summed E-state index contributed by atoms with van der Waals surface area (Å²) in [5.41, 5.74) is 1.87. The molecule has 1 atom stereocenters. The van der Waals surface area contributed by atoms with Crippen LogP contribution in [0.15, 0.2) is 42.5 Å². The van der Waals surface area contributed by atoms with Crippen LogP contribution in [-0.4, -0.2) is 28.2 Å². The highest BCUT2D eigenvalue weighted by atomic mass is 19.1. The predicted octanol–water partition coefficient (Wildman–Crippen LogP) is 4.15. The number of hydrogen-bond donors (Lipinski definition) is 1. The molecule has 0 aliphatic heterocycles. The minimum Gasteiger partial charge on any atom is -0.508 e. The minimum absolute atomic E-state index is 0.0233. The van der Waals surface area contributed by atoms with Crippen LogP contribution in [0.5, 0.6) is 5.75 Å². The van der Waals surface area contributed by atoms with Crippen molar-refractivity contribution in [3.63, 3.8) is 0 Å². The number of carbonyl (C=O) groups is 2. The average molecular weight is 369 g/mol. The van der Waals surface area contributed by atoms with Crippen molar-refractivity contribution in [1.82, 2.24) is 4.57 Å². The molecular formula is C21H20FNO4. The van der Waals surface area contributed by atoms with Gasteiger partial charge in [-0.25, -0.2) is 4.39 Å². The fourth-order valence-electron chi connectivity index (χ4n) is 3.37. The van der Waals surface area contributed by atoms with E-state index < -0.39 is 23.6 Å². The molecule has 0 amide bonds. The van der Waals surface area contributed by atoms with Crippen molar-refractivity contribution in [2.45, 2.75) is 26.7 Å². The number of ether oxygens (including phenoxy) is 1. The summed E-state index contributed by atoms with van der Waals surface area (Å²) in [6.07, 6.45) is 0. The zero-order chi connectivity index (χ0) is 19.7. The van der Waals surface area contributed by atoms with Crippen LogP contribution < -0.4 is 0 Å². The van der Waals surface area contributed by atoms with Gasteiger partial charge in [-0.1, -0.05) is 6.07 Å². The van der Waals surface area contributed by atoms with Crippen molar-refractivity contribution in [1.29, 1.82) is 0 Å². The summed E-state index contributed by atoms with van der Waals surface area (Å²) in [5.74, 6) is -1.94. The second-order valence-electron chi connectivity index (χ2n) is 6.33. The van der Waals surface area contributed by atoms with Crippen molar-refractivity contribution >= 4 is 22.8 Å². The molecule has 6 heteroatoms. The third kappa shape index (κ3) is 3.30. The molecule has 1 aromatic heterocycles. The van der Waals surface area contributed by atoms with E-state index >= 15 is 0 Å². The normalized spacial score (nSPS) is 12.1. The van der Waals surface area contributed by atoms with E-state index in [1.54, 1.807) is 26.8 Å². The lowest BCUT2D eigenvalue weighted by Crippen LogP contribution is -2.16. The maximum Gasteiger partial charge on any atom is 0.313 e. The smallest absolute Gasteiger partial charge is 0.313 e. The van der Waals surface area contributed by atoms with E-state index in [4.69, 9.17) is 4.74 Å². The second kappa shape index (κ2) is 7.23. The summed E-state index contributed by atoms with van der Waals surface area (Å²) in [5, 5.41) is 10.5. The zero-order valence-electron chi connectivity index (χ0n) is 15.3. The number of phenols is 1. The molecule has 2 aromatic carbocycles. The Labute approximate surface area is 156 Å². The highest BCUT2D eigenvalue weighted by Gasteiger charge is 2.27. The fraction of sp³-hybridized carbons (Fsp3) is 0.238. The predicted molar refractivity (Wildman–Crippen MR) is 99.5 cm³/mol. The summed E-state index contributed by atoms with van der Waals surface area (Å²) in [6, 6.07) is 10.0. The Bertz CT molecular complexity index is 1040. The molecule has 3 aromatic rings. The number of halogens is 1. The van der Waals surface area contributed by atoms with E-state index in [1.807, 2.05) is 0 Å². The Morgan fingerprint density at radius 2 is 1.96 bits per heavy atom. The monoisotopic (exact) mass is 369 g/mol. The number of esters is 1. The molecule has 1 N–H and O–H groups in total. The van der Waals surface area contributed by atoms with Crippen molar-refractivity contribution in [2.75, 3.05) is 6.61 Å². The molecule has 0 aliphatic rings. The van der Waals surface area contributed by atoms with Gasteiger partial charge in [0.2, 0.25) is 0 Å². The highest BCUT2D eigenvalue weighted by molar-refractivity contribution is 6.05. The van der Waals surface area contributed by atoms with Crippen LogP contribution in [0.3, 0.4) is 0 Å². The first kappa shape index (κ1) is 18.6. The first-order valence-corrected chi connectivity index (χ1v) is 8.66. The number of rotatable bonds is 4. The maximum absolute atomic E-state index is 13.6. The van der Waals surface area contributed by atoms with Gasteiger partial charge in [-0.05, 0) is 62.7 Å². The number of phenolic OH excluding ortho intramolecular Hbond substituents is 1. The molecule has 0 radical (unpaired) electrons. The Morgan fingerprint density at radius 3 is 2.63 bits per heavy atom. The summed E-state index contributed by atoms with van der Waals surface area (Å²) in [7, 11) is 0. The number of benzene rings is 2. The molecule has 0 spiro atoms. The van der Waals surface area contributed by atoms with Crippen LogP contribution in [0.2, 0.25) is 0 Å². The first-order chi connectivity index (χ1) is 12.8. The SMILES string of the molecule is CCOC(=O)[C@H](C)c1c(C)n(C(=O)c2cccc(F)c2)c2ccc(O)cc12. The quantitative estimate of drug-likeness (QED) is 0.702. The number of aromatic nitrogens is 1. The topological polar surface area (TPSA) is 68.5 Å². The van der Waals surface area contributed by atoms with Crippen LogP contribution in [0.25, 0.3) is 10.9 Å². The lowest BCUT2D eigenvalue weighted by atomic mass is 9.98. The molecule has 0 fully saturated rings. The molecule has 3 rings (SSSR count). The van der Waals surface area contributed by atoms with Crippen LogP contribution in [0.1, 0.15) is 41.4 Å². The summed E-state index contributed by atoms with van der Waals surface area (Å²) in [4.78, 5) is 25.4. The van der Waals surface area contributed by atoms with Crippen molar-refractivity contribution in [3.05, 3.63) is 65.1 Å². The van der Waals surface area contributed by atoms with Gasteiger partial charge < -0.3 is 9.84 Å². The van der Waals surface area contributed by atoms with E-state index in [1.165, 1.54) is 41.0 Å². The van der Waals surface area contributed by atoms with Crippen LogP contribution in [-0.2, 0) is 9.53 Å². The number of nitrogens with zero attached hydrogens (tertiary/aromatic N) is 1. The number of aromatic hydroxyl groups is 1. The minimum atomic E-state index is -0.629. The van der Waals surface area contributed by atoms with Crippen LogP contribution in [0, 0.1) is 12.7 Å². The van der Waals surface area contributed by atoms with Gasteiger partial charge in [-0.15, -0.1) is 0 Å². The van der Waals surface area contributed by atoms with Gasteiger partial charge in [0.1, 0.15) is 11.6 Å². The lowest BCUT2D eigenvalue weighted by molar-refractivity contribution is -0.144. The van der Waals surface area contributed by atoms with Gasteiger partial charge in [0.15, 0.2) is 0 Å². The van der Waals surface area contributed by atoms with Crippen LogP contribution >= 0.6 is 0 Å². The second-order valence-corrected chi connectivity index (χ2v) is 6.33. The van der Waals surface area contributed by atoms with Gasteiger partial charge in [0.25, 0.3) is 5.91 Å². The zero-order valence-corrected chi connectivity index (χ0v) is 15.3.